The fourth-order valence-corrected chi connectivity index (χ4v) is 4.63. The minimum Gasteiger partial charge on any atom is -0.493 e. The Morgan fingerprint density at radius 3 is 2.32 bits per heavy atom. The van der Waals surface area contributed by atoms with Crippen LogP contribution in [0.1, 0.15) is 49.3 Å². The van der Waals surface area contributed by atoms with E-state index in [1.807, 2.05) is 6.92 Å². The van der Waals surface area contributed by atoms with Crippen LogP contribution in [-0.2, 0) is 25.3 Å². The van der Waals surface area contributed by atoms with Gasteiger partial charge in [0.25, 0.3) is 0 Å². The number of hydrogen-bond acceptors (Lipinski definition) is 5. The van der Waals surface area contributed by atoms with Crippen LogP contribution in [0.3, 0.4) is 0 Å². The van der Waals surface area contributed by atoms with Crippen LogP contribution in [0.4, 0.5) is 26.3 Å². The molecule has 2 heterocycles. The van der Waals surface area contributed by atoms with Gasteiger partial charge in [-0.2, -0.15) is 26.3 Å². The Morgan fingerprint density at radius 1 is 0.927 bits per heavy atom. The predicted molar refractivity (Wildman–Crippen MR) is 138 cm³/mol. The number of aromatic nitrogens is 2. The van der Waals surface area contributed by atoms with Crippen molar-refractivity contribution < 1.29 is 40.6 Å². The number of ether oxygens (including phenoxy) is 1. The number of rotatable bonds is 10. The van der Waals surface area contributed by atoms with Crippen molar-refractivity contribution in [1.82, 2.24) is 9.13 Å². The Kier molecular flexibility index (Phi) is 8.55. The Bertz CT molecular complexity index is 1650. The van der Waals surface area contributed by atoms with E-state index in [2.05, 4.69) is 0 Å². The van der Waals surface area contributed by atoms with Crippen LogP contribution in [0.15, 0.2) is 62.7 Å². The molecule has 4 aromatic rings. The van der Waals surface area contributed by atoms with Crippen LogP contribution in [0.25, 0.3) is 16.7 Å². The normalized spacial score (nSPS) is 12.3. The first kappa shape index (κ1) is 29.8. The van der Waals surface area contributed by atoms with Crippen LogP contribution >= 0.6 is 0 Å². The van der Waals surface area contributed by atoms with Crippen LogP contribution < -0.4 is 16.1 Å². The average molecular weight is 585 g/mol. The number of alkyl halides is 6. The molecular weight excluding hydrogens is 558 g/mol. The molecule has 0 radical (unpaired) electrons. The van der Waals surface area contributed by atoms with E-state index in [9.17, 15) is 41.0 Å². The van der Waals surface area contributed by atoms with E-state index in [-0.39, 0.29) is 29.9 Å². The fraction of sp³-hybridized carbons (Fsp3) is 0.357. The van der Waals surface area contributed by atoms with Gasteiger partial charge in [0.2, 0.25) is 5.88 Å². The van der Waals surface area contributed by atoms with E-state index in [1.54, 1.807) is 0 Å². The summed E-state index contributed by atoms with van der Waals surface area (Å²) in [5.41, 5.74) is -4.25. The molecule has 0 saturated heterocycles. The number of aryl methyl sites for hydroxylation is 1. The van der Waals surface area contributed by atoms with E-state index in [1.165, 1.54) is 24.3 Å². The number of aromatic hydroxyl groups is 1. The van der Waals surface area contributed by atoms with Crippen LogP contribution in [0.2, 0.25) is 0 Å². The highest BCUT2D eigenvalue weighted by Crippen LogP contribution is 2.38. The Hall–Kier alpha value is -4.16. The van der Waals surface area contributed by atoms with E-state index < -0.39 is 46.4 Å². The molecule has 0 saturated carbocycles. The van der Waals surface area contributed by atoms with Crippen molar-refractivity contribution in [2.24, 2.45) is 0 Å². The molecule has 0 aliphatic heterocycles. The first-order valence-corrected chi connectivity index (χ1v) is 12.8. The molecule has 7 nitrogen and oxygen atoms in total. The zero-order valence-electron chi connectivity index (χ0n) is 21.8. The maximum atomic E-state index is 13.5. The molecule has 0 fully saturated rings. The highest BCUT2D eigenvalue weighted by molar-refractivity contribution is 5.85. The van der Waals surface area contributed by atoms with Gasteiger partial charge < -0.3 is 14.3 Å². The average Bonchev–Trinajstić information content (AvgIpc) is 3.18. The lowest BCUT2D eigenvalue weighted by molar-refractivity contribution is -0.138. The lowest BCUT2D eigenvalue weighted by Gasteiger charge is -2.15. The number of hydrogen-bond donors (Lipinski definition) is 1. The zero-order chi connectivity index (χ0) is 29.9. The highest BCUT2D eigenvalue weighted by atomic mass is 19.4. The summed E-state index contributed by atoms with van der Waals surface area (Å²) in [5, 5.41) is 9.98. The summed E-state index contributed by atoms with van der Waals surface area (Å²) in [4.78, 5) is 24.6. The summed E-state index contributed by atoms with van der Waals surface area (Å²) < 4.78 is 93.2. The summed E-state index contributed by atoms with van der Waals surface area (Å²) in [5.74, 6) is -0.195. The molecule has 0 atom stereocenters. The quantitative estimate of drug-likeness (QED) is 0.128. The van der Waals surface area contributed by atoms with Gasteiger partial charge in [-0.25, -0.2) is 9.59 Å². The maximum Gasteiger partial charge on any atom is 0.418 e. The molecule has 0 spiro atoms. The SMILES string of the molecule is CCCc1c(OCCCCCn2c(O)cn(-c3ccccc3C(F)(F)F)c2=O)ccc2c(C(F)(F)F)cc(=O)oc12. The first-order chi connectivity index (χ1) is 19.3. The minimum atomic E-state index is -4.74. The van der Waals surface area contributed by atoms with E-state index in [0.717, 1.165) is 27.5 Å². The Morgan fingerprint density at radius 2 is 1.63 bits per heavy atom. The largest absolute Gasteiger partial charge is 0.493 e. The van der Waals surface area contributed by atoms with E-state index in [0.29, 0.717) is 43.7 Å². The molecule has 0 aliphatic carbocycles. The number of halogens is 6. The lowest BCUT2D eigenvalue weighted by atomic mass is 10.0. The van der Waals surface area contributed by atoms with Gasteiger partial charge in [-0.3, -0.25) is 9.13 Å². The molecule has 4 rings (SSSR count). The third kappa shape index (κ3) is 6.44. The van der Waals surface area contributed by atoms with Gasteiger partial charge in [0.05, 0.1) is 29.6 Å². The summed E-state index contributed by atoms with van der Waals surface area (Å²) in [6.45, 7) is 2.02. The number of fused-ring (bicyclic) bond motifs is 1. The summed E-state index contributed by atoms with van der Waals surface area (Å²) in [6.07, 6.45) is -6.28. The van der Waals surface area contributed by atoms with Gasteiger partial charge in [0.15, 0.2) is 0 Å². The number of unbranched alkanes of at least 4 members (excludes halogenated alkanes) is 2. The van der Waals surface area contributed by atoms with E-state index in [4.69, 9.17) is 9.15 Å². The minimum absolute atomic E-state index is 0.0360. The second kappa shape index (κ2) is 11.8. The Labute approximate surface area is 229 Å². The van der Waals surface area contributed by atoms with Crippen LogP contribution in [0, 0.1) is 0 Å². The highest BCUT2D eigenvalue weighted by Gasteiger charge is 2.35. The van der Waals surface area contributed by atoms with Crippen LogP contribution in [0.5, 0.6) is 11.6 Å². The fourth-order valence-electron chi connectivity index (χ4n) is 4.63. The van der Waals surface area contributed by atoms with Crippen molar-refractivity contribution in [2.75, 3.05) is 6.61 Å². The number of imidazole rings is 1. The van der Waals surface area contributed by atoms with Crippen molar-refractivity contribution in [2.45, 2.75) is 57.9 Å². The van der Waals surface area contributed by atoms with E-state index >= 15 is 0 Å². The number of nitrogens with zero attached hydrogens (tertiary/aromatic N) is 2. The van der Waals surface area contributed by atoms with Crippen LogP contribution in [-0.4, -0.2) is 20.8 Å². The molecular formula is C28H26F6N2O5. The molecule has 0 amide bonds. The van der Waals surface area contributed by atoms with Crippen molar-refractivity contribution in [3.05, 3.63) is 86.3 Å². The molecule has 2 aromatic carbocycles. The number of benzene rings is 2. The number of para-hydroxylation sites is 1. The molecule has 0 bridgehead atoms. The monoisotopic (exact) mass is 584 g/mol. The standard InChI is InChI=1S/C28H26F6N2O5/c1-2-8-18-22(12-11-17-20(28(32,33)34)15-24(38)41-25(17)18)40-14-7-3-6-13-35-23(37)16-36(26(35)39)21-10-5-4-9-19(21)27(29,30)31/h4-5,9-12,15-16,37H,2-3,6-8,13-14H2,1H3. The van der Waals surface area contributed by atoms with Gasteiger partial charge in [0, 0.05) is 23.6 Å². The molecule has 220 valence electrons. The van der Waals surface area contributed by atoms with Crippen molar-refractivity contribution >= 4 is 11.0 Å². The first-order valence-electron chi connectivity index (χ1n) is 12.8. The molecule has 0 aliphatic rings. The van der Waals surface area contributed by atoms with Gasteiger partial charge in [-0.1, -0.05) is 25.5 Å². The second-order valence-electron chi connectivity index (χ2n) is 9.36. The lowest BCUT2D eigenvalue weighted by Crippen LogP contribution is -2.25. The van der Waals surface area contributed by atoms with Gasteiger partial charge in [0.1, 0.15) is 11.3 Å². The predicted octanol–water partition coefficient (Wildman–Crippen LogP) is 6.69. The maximum absolute atomic E-state index is 13.5. The molecule has 2 aromatic heterocycles. The zero-order valence-corrected chi connectivity index (χ0v) is 21.8. The third-order valence-corrected chi connectivity index (χ3v) is 6.49. The van der Waals surface area contributed by atoms with Gasteiger partial charge in [-0.05, 0) is 49.9 Å². The molecule has 41 heavy (non-hydrogen) atoms. The summed E-state index contributed by atoms with van der Waals surface area (Å²) in [7, 11) is 0. The van der Waals surface area contributed by atoms with Crippen molar-refractivity contribution in [3.8, 4) is 17.3 Å². The molecule has 13 heteroatoms. The Balaban J connectivity index is 1.42. The molecule has 0 unspecified atom stereocenters. The van der Waals surface area contributed by atoms with Crippen molar-refractivity contribution in [3.63, 3.8) is 0 Å². The second-order valence-corrected chi connectivity index (χ2v) is 9.36. The smallest absolute Gasteiger partial charge is 0.418 e. The van der Waals surface area contributed by atoms with Gasteiger partial charge in [-0.15, -0.1) is 0 Å². The summed E-state index contributed by atoms with van der Waals surface area (Å²) in [6, 6.07) is 7.57. The van der Waals surface area contributed by atoms with Crippen molar-refractivity contribution in [1.29, 1.82) is 0 Å². The summed E-state index contributed by atoms with van der Waals surface area (Å²) >= 11 is 0. The molecule has 1 N–H and O–H groups in total. The van der Waals surface area contributed by atoms with Gasteiger partial charge >= 0.3 is 23.7 Å². The third-order valence-electron chi connectivity index (χ3n) is 6.49. The topological polar surface area (TPSA) is 86.6 Å².